The van der Waals surface area contributed by atoms with Crippen molar-refractivity contribution in [1.29, 1.82) is 0 Å². The van der Waals surface area contributed by atoms with Crippen LogP contribution in [0.2, 0.25) is 5.02 Å². The second kappa shape index (κ2) is 8.05. The fourth-order valence-corrected chi connectivity index (χ4v) is 2.06. The average molecular weight is 384 g/mol. The van der Waals surface area contributed by atoms with Crippen LogP contribution in [0.5, 0.6) is 11.5 Å². The Morgan fingerprint density at radius 3 is 2.28 bits per heavy atom. The van der Waals surface area contributed by atoms with Crippen LogP contribution in [0.15, 0.2) is 36.4 Å². The molecule has 0 atom stereocenters. The number of aromatic carboxylic acids is 1. The molecule has 0 aliphatic rings. The molecule has 0 bridgehead atoms. The molecule has 0 fully saturated rings. The first-order valence-electron chi connectivity index (χ1n) is 6.14. The predicted molar refractivity (Wildman–Crippen MR) is 74.0 cm³/mol. The summed E-state index contributed by atoms with van der Waals surface area (Å²) in [5, 5.41) is 21.5. The Morgan fingerprint density at radius 1 is 1.16 bits per heavy atom. The molecule has 0 radical (unpaired) electrons. The zero-order valence-corrected chi connectivity index (χ0v) is 15.2. The van der Waals surface area contributed by atoms with Crippen molar-refractivity contribution in [3.05, 3.63) is 62.7 Å². The molecule has 2 rings (SSSR count). The third-order valence-electron chi connectivity index (χ3n) is 2.88. The van der Waals surface area contributed by atoms with Gasteiger partial charge in [0, 0.05) is 0 Å². The summed E-state index contributed by atoms with van der Waals surface area (Å²) < 4.78 is 42.9. The van der Waals surface area contributed by atoms with Crippen molar-refractivity contribution in [2.24, 2.45) is 0 Å². The van der Waals surface area contributed by atoms with Gasteiger partial charge in [0.2, 0.25) is 5.75 Å². The van der Waals surface area contributed by atoms with Crippen LogP contribution >= 0.6 is 11.6 Å². The summed E-state index contributed by atoms with van der Waals surface area (Å²) in [5.41, 5.74) is -2.66. The first-order chi connectivity index (χ1) is 11.1. The van der Waals surface area contributed by atoms with Crippen LogP contribution in [0.25, 0.3) is 0 Å². The van der Waals surface area contributed by atoms with Gasteiger partial charge >= 0.3 is 41.4 Å². The monoisotopic (exact) mass is 383 g/mol. The first-order valence-corrected chi connectivity index (χ1v) is 6.52. The molecule has 25 heavy (non-hydrogen) atoms. The summed E-state index contributed by atoms with van der Waals surface area (Å²) in [5.74, 6) is -2.60. The van der Waals surface area contributed by atoms with Crippen molar-refractivity contribution < 1.29 is 62.3 Å². The number of hydrogen-bond donors (Lipinski definition) is 0. The molecular formula is C14H6ClF3NNaO5. The van der Waals surface area contributed by atoms with Gasteiger partial charge in [-0.3, -0.25) is 10.1 Å². The van der Waals surface area contributed by atoms with Gasteiger partial charge in [0.05, 0.1) is 27.0 Å². The van der Waals surface area contributed by atoms with Gasteiger partial charge in [-0.25, -0.2) is 0 Å². The number of halogens is 4. The van der Waals surface area contributed by atoms with E-state index in [0.29, 0.717) is 12.1 Å². The predicted octanol–water partition coefficient (Wildman–Crippen LogP) is 0.427. The van der Waals surface area contributed by atoms with E-state index in [0.717, 1.165) is 24.3 Å². The minimum atomic E-state index is -4.62. The maximum absolute atomic E-state index is 12.6. The SMILES string of the molecule is O=C([O-])c1cccc(Oc2ccc(C(F)(F)F)cc2Cl)c1[N+](=O)[O-].[Na+]. The van der Waals surface area contributed by atoms with Gasteiger partial charge in [0.25, 0.3) is 0 Å². The maximum Gasteiger partial charge on any atom is 1.00 e. The fraction of sp³-hybridized carbons (Fsp3) is 0.0714. The van der Waals surface area contributed by atoms with Crippen LogP contribution in [0.1, 0.15) is 15.9 Å². The summed E-state index contributed by atoms with van der Waals surface area (Å²) >= 11 is 5.70. The number of hydrogen-bond acceptors (Lipinski definition) is 5. The van der Waals surface area contributed by atoms with E-state index in [9.17, 15) is 33.2 Å². The van der Waals surface area contributed by atoms with E-state index in [1.807, 2.05) is 0 Å². The Morgan fingerprint density at radius 2 is 1.80 bits per heavy atom. The summed E-state index contributed by atoms with van der Waals surface area (Å²) in [4.78, 5) is 21.0. The summed E-state index contributed by atoms with van der Waals surface area (Å²) in [6, 6.07) is 5.32. The first kappa shape index (κ1) is 21.2. The number of rotatable bonds is 4. The van der Waals surface area contributed by atoms with Crippen molar-refractivity contribution in [3.8, 4) is 11.5 Å². The molecule has 0 aliphatic carbocycles. The number of para-hydroxylation sites is 1. The number of carboxylic acid groups (broad SMARTS) is 1. The van der Waals surface area contributed by atoms with Crippen LogP contribution in [0, 0.1) is 10.1 Å². The smallest absolute Gasteiger partial charge is 0.545 e. The topological polar surface area (TPSA) is 92.5 Å². The van der Waals surface area contributed by atoms with Gasteiger partial charge in [0.15, 0.2) is 0 Å². The van der Waals surface area contributed by atoms with Crippen molar-refractivity contribution in [2.45, 2.75) is 6.18 Å². The van der Waals surface area contributed by atoms with Crippen molar-refractivity contribution >= 4 is 23.3 Å². The van der Waals surface area contributed by atoms with Crippen LogP contribution in [-0.2, 0) is 6.18 Å². The Balaban J connectivity index is 0.00000312. The Hall–Kier alpha value is -1.81. The minimum absolute atomic E-state index is 0. The van der Waals surface area contributed by atoms with Crippen LogP contribution < -0.4 is 39.4 Å². The van der Waals surface area contributed by atoms with Crippen LogP contribution in [-0.4, -0.2) is 10.9 Å². The average Bonchev–Trinajstić information content (AvgIpc) is 2.47. The van der Waals surface area contributed by atoms with E-state index >= 15 is 0 Å². The largest absolute Gasteiger partial charge is 1.00 e. The zero-order chi connectivity index (χ0) is 18.1. The molecule has 0 aliphatic heterocycles. The third kappa shape index (κ3) is 4.85. The normalized spacial score (nSPS) is 10.7. The molecule has 2 aromatic carbocycles. The Labute approximate surface area is 165 Å². The van der Waals surface area contributed by atoms with Gasteiger partial charge in [-0.05, 0) is 30.3 Å². The number of carbonyl (C=O) groups is 1. The van der Waals surface area contributed by atoms with Gasteiger partial charge < -0.3 is 14.6 Å². The molecule has 6 nitrogen and oxygen atoms in total. The molecule has 0 spiro atoms. The third-order valence-corrected chi connectivity index (χ3v) is 3.18. The van der Waals surface area contributed by atoms with E-state index in [1.54, 1.807) is 0 Å². The number of ether oxygens (including phenoxy) is 1. The van der Waals surface area contributed by atoms with E-state index in [4.69, 9.17) is 16.3 Å². The second-order valence-electron chi connectivity index (χ2n) is 4.44. The number of carbonyl (C=O) groups excluding carboxylic acids is 1. The summed E-state index contributed by atoms with van der Waals surface area (Å²) in [6.45, 7) is 0. The number of nitrogens with zero attached hydrogens (tertiary/aromatic N) is 1. The molecule has 0 aromatic heterocycles. The quantitative estimate of drug-likeness (QED) is 0.433. The van der Waals surface area contributed by atoms with Gasteiger partial charge in [-0.1, -0.05) is 17.7 Å². The number of nitro groups is 1. The van der Waals surface area contributed by atoms with Gasteiger partial charge in [-0.2, -0.15) is 13.2 Å². The number of benzene rings is 2. The van der Waals surface area contributed by atoms with Crippen LogP contribution in [0.4, 0.5) is 18.9 Å². The molecule has 0 saturated heterocycles. The van der Waals surface area contributed by atoms with E-state index in [-0.39, 0.29) is 35.3 Å². The minimum Gasteiger partial charge on any atom is -0.545 e. The van der Waals surface area contributed by atoms with Gasteiger partial charge in [0.1, 0.15) is 5.75 Å². The standard InChI is InChI=1S/C14H7ClF3NO5.Na/c15-9-6-7(14(16,17)18)4-5-10(9)24-11-3-1-2-8(13(20)21)12(11)19(22)23;/h1-6H,(H,20,21);/q;+1/p-1. The number of alkyl halides is 3. The number of nitro benzene ring substituents is 1. The number of carboxylic acids is 1. The van der Waals surface area contributed by atoms with Crippen molar-refractivity contribution in [1.82, 2.24) is 0 Å². The molecular weight excluding hydrogens is 378 g/mol. The molecule has 2 aromatic rings. The zero-order valence-electron chi connectivity index (χ0n) is 12.5. The molecule has 0 saturated carbocycles. The summed E-state index contributed by atoms with van der Waals surface area (Å²) in [7, 11) is 0. The van der Waals surface area contributed by atoms with Crippen molar-refractivity contribution in [3.63, 3.8) is 0 Å². The Kier molecular flexibility index (Phi) is 6.83. The fourth-order valence-electron chi connectivity index (χ4n) is 1.84. The Bertz CT molecular complexity index is 829. The van der Waals surface area contributed by atoms with Crippen molar-refractivity contribution in [2.75, 3.05) is 0 Å². The molecule has 0 heterocycles. The van der Waals surface area contributed by atoms with E-state index in [2.05, 4.69) is 0 Å². The van der Waals surface area contributed by atoms with E-state index < -0.39 is 44.7 Å². The summed E-state index contributed by atoms with van der Waals surface area (Å²) in [6.07, 6.45) is -4.62. The molecule has 0 N–H and O–H groups in total. The van der Waals surface area contributed by atoms with E-state index in [1.165, 1.54) is 0 Å². The molecule has 11 heteroatoms. The van der Waals surface area contributed by atoms with Crippen LogP contribution in [0.3, 0.4) is 0 Å². The second-order valence-corrected chi connectivity index (χ2v) is 4.85. The molecule has 0 unspecified atom stereocenters. The maximum atomic E-state index is 12.6. The van der Waals surface area contributed by atoms with Gasteiger partial charge in [-0.15, -0.1) is 0 Å². The molecule has 126 valence electrons. The molecule has 0 amide bonds.